The van der Waals surface area contributed by atoms with Gasteiger partial charge in [0.05, 0.1) is 26.5 Å². The van der Waals surface area contributed by atoms with Gasteiger partial charge in [-0.15, -0.1) is 0 Å². The zero-order chi connectivity index (χ0) is 24.8. The highest BCUT2D eigenvalue weighted by atomic mass is 35.5. The number of carbonyl (C=O) groups excluding carboxylic acids is 1. The highest BCUT2D eigenvalue weighted by Gasteiger charge is 2.23. The zero-order valence-electron chi connectivity index (χ0n) is 20.2. The van der Waals surface area contributed by atoms with Crippen molar-refractivity contribution in [1.29, 1.82) is 0 Å². The lowest BCUT2D eigenvalue weighted by molar-refractivity contribution is -0.123. The van der Waals surface area contributed by atoms with Crippen LogP contribution < -0.4 is 15.4 Å². The minimum atomic E-state index is 0.0164. The number of carbonyl (C=O) groups is 1. The second-order valence-corrected chi connectivity index (χ2v) is 9.28. The first-order valence-corrected chi connectivity index (χ1v) is 12.4. The third-order valence-corrected chi connectivity index (χ3v) is 6.72. The molecule has 35 heavy (non-hydrogen) atoms. The van der Waals surface area contributed by atoms with Crippen molar-refractivity contribution in [1.82, 2.24) is 25.2 Å². The number of anilines is 1. The van der Waals surface area contributed by atoms with Crippen LogP contribution in [0.2, 0.25) is 5.15 Å². The van der Waals surface area contributed by atoms with Gasteiger partial charge in [-0.1, -0.05) is 18.5 Å². The molecule has 3 heterocycles. The van der Waals surface area contributed by atoms with E-state index < -0.39 is 0 Å². The number of hydrogen-bond donors (Lipinski definition) is 4. The van der Waals surface area contributed by atoms with Gasteiger partial charge in [-0.25, -0.2) is 9.97 Å². The molecule has 1 aliphatic rings. The molecule has 1 aliphatic carbocycles. The molecule has 4 rings (SSSR count). The van der Waals surface area contributed by atoms with Crippen molar-refractivity contribution in [3.05, 3.63) is 35.7 Å². The number of likely N-dealkylation sites (N-methyl/N-ethyl adjacent to an activating group) is 1. The van der Waals surface area contributed by atoms with Gasteiger partial charge in [0, 0.05) is 35.8 Å². The Balaban J connectivity index is 1.37. The predicted octanol–water partition coefficient (Wildman–Crippen LogP) is 3.44. The van der Waals surface area contributed by atoms with E-state index in [9.17, 15) is 4.79 Å². The van der Waals surface area contributed by atoms with Crippen molar-refractivity contribution in [3.8, 4) is 16.9 Å². The zero-order valence-corrected chi connectivity index (χ0v) is 20.9. The van der Waals surface area contributed by atoms with Gasteiger partial charge in [0.1, 0.15) is 22.4 Å². The first kappa shape index (κ1) is 25.2. The summed E-state index contributed by atoms with van der Waals surface area (Å²) in [5.74, 6) is 1.44. The van der Waals surface area contributed by atoms with Gasteiger partial charge in [0.2, 0.25) is 5.91 Å². The first-order valence-electron chi connectivity index (χ1n) is 12.1. The van der Waals surface area contributed by atoms with Crippen LogP contribution in [-0.4, -0.2) is 76.3 Å². The fourth-order valence-electron chi connectivity index (χ4n) is 4.62. The fourth-order valence-corrected chi connectivity index (χ4v) is 4.83. The Bertz CT molecular complexity index is 1150. The van der Waals surface area contributed by atoms with Gasteiger partial charge in [-0.05, 0) is 56.0 Å². The molecule has 10 heteroatoms. The molecule has 188 valence electrons. The largest absolute Gasteiger partial charge is 0.495 e. The number of amides is 1. The van der Waals surface area contributed by atoms with Gasteiger partial charge in [-0.3, -0.25) is 9.69 Å². The minimum absolute atomic E-state index is 0.0164. The van der Waals surface area contributed by atoms with E-state index in [4.69, 9.17) is 21.4 Å². The summed E-state index contributed by atoms with van der Waals surface area (Å²) in [5.41, 5.74) is 2.70. The molecule has 0 aromatic carbocycles. The third-order valence-electron chi connectivity index (χ3n) is 6.52. The lowest BCUT2D eigenvalue weighted by atomic mass is 9.91. The molecule has 1 fully saturated rings. The van der Waals surface area contributed by atoms with Crippen molar-refractivity contribution in [2.45, 2.75) is 44.7 Å². The number of rotatable bonds is 10. The maximum Gasteiger partial charge on any atom is 0.234 e. The van der Waals surface area contributed by atoms with Crippen LogP contribution in [0, 0.1) is 0 Å². The molecular formula is C25H33ClN6O3. The number of nitrogens with zero attached hydrogens (tertiary/aromatic N) is 3. The van der Waals surface area contributed by atoms with E-state index in [1.165, 1.54) is 0 Å². The molecule has 3 aromatic heterocycles. The Hall–Kier alpha value is -2.88. The Morgan fingerprint density at radius 3 is 2.74 bits per heavy atom. The minimum Gasteiger partial charge on any atom is -0.495 e. The molecule has 9 nitrogen and oxygen atoms in total. The van der Waals surface area contributed by atoms with Gasteiger partial charge in [-0.2, -0.15) is 0 Å². The molecule has 1 amide bonds. The molecule has 0 unspecified atom stereocenters. The van der Waals surface area contributed by atoms with E-state index in [0.717, 1.165) is 60.2 Å². The Morgan fingerprint density at radius 1 is 1.26 bits per heavy atom. The number of aromatic amines is 1. The smallest absolute Gasteiger partial charge is 0.234 e. The van der Waals surface area contributed by atoms with Crippen molar-refractivity contribution < 1.29 is 14.6 Å². The lowest BCUT2D eigenvalue weighted by Crippen LogP contribution is -2.45. The number of pyridine rings is 2. The Morgan fingerprint density at radius 2 is 2.03 bits per heavy atom. The van der Waals surface area contributed by atoms with E-state index >= 15 is 0 Å². The number of aromatic nitrogens is 3. The Labute approximate surface area is 210 Å². The number of ether oxygens (including phenoxy) is 1. The summed E-state index contributed by atoms with van der Waals surface area (Å²) in [4.78, 5) is 26.4. The summed E-state index contributed by atoms with van der Waals surface area (Å²) < 4.78 is 5.33. The number of fused-ring (bicyclic) bond motifs is 1. The topological polar surface area (TPSA) is 115 Å². The van der Waals surface area contributed by atoms with E-state index in [-0.39, 0.29) is 24.6 Å². The average molecular weight is 501 g/mol. The molecular weight excluding hydrogens is 468 g/mol. The molecule has 1 saturated carbocycles. The summed E-state index contributed by atoms with van der Waals surface area (Å²) >= 11 is 6.38. The van der Waals surface area contributed by atoms with Crippen LogP contribution in [0.5, 0.6) is 5.75 Å². The van der Waals surface area contributed by atoms with E-state index in [2.05, 4.69) is 25.6 Å². The SMILES string of the molecule is CCN(CCO)CC(=O)NC1CCC(Nc2cc(-c3c[nH]c4ncc(OC)cc34)cc(Cl)n2)CC1. The summed E-state index contributed by atoms with van der Waals surface area (Å²) in [6, 6.07) is 6.23. The summed E-state index contributed by atoms with van der Waals surface area (Å²) in [5, 5.41) is 17.1. The maximum absolute atomic E-state index is 12.4. The summed E-state index contributed by atoms with van der Waals surface area (Å²) in [7, 11) is 1.62. The Kier molecular flexibility index (Phi) is 8.43. The van der Waals surface area contributed by atoms with Crippen LogP contribution in [0.25, 0.3) is 22.2 Å². The van der Waals surface area contributed by atoms with Crippen LogP contribution in [-0.2, 0) is 4.79 Å². The van der Waals surface area contributed by atoms with Crippen molar-refractivity contribution in [3.63, 3.8) is 0 Å². The highest BCUT2D eigenvalue weighted by molar-refractivity contribution is 6.29. The van der Waals surface area contributed by atoms with Gasteiger partial charge in [0.25, 0.3) is 0 Å². The van der Waals surface area contributed by atoms with Crippen LogP contribution in [0.1, 0.15) is 32.6 Å². The van der Waals surface area contributed by atoms with Crippen LogP contribution in [0.3, 0.4) is 0 Å². The van der Waals surface area contributed by atoms with Crippen molar-refractivity contribution in [2.24, 2.45) is 0 Å². The second kappa shape index (κ2) is 11.7. The monoisotopic (exact) mass is 500 g/mol. The molecule has 0 radical (unpaired) electrons. The molecule has 0 spiro atoms. The maximum atomic E-state index is 12.4. The van der Waals surface area contributed by atoms with Crippen LogP contribution >= 0.6 is 11.6 Å². The lowest BCUT2D eigenvalue weighted by Gasteiger charge is -2.30. The molecule has 0 aliphatic heterocycles. The van der Waals surface area contributed by atoms with Gasteiger partial charge in [0.15, 0.2) is 0 Å². The summed E-state index contributed by atoms with van der Waals surface area (Å²) in [6.45, 7) is 3.61. The fraction of sp³-hybridized carbons (Fsp3) is 0.480. The third kappa shape index (κ3) is 6.42. The van der Waals surface area contributed by atoms with Crippen molar-refractivity contribution in [2.75, 3.05) is 38.7 Å². The number of halogens is 1. The number of methoxy groups -OCH3 is 1. The number of H-pyrrole nitrogens is 1. The summed E-state index contributed by atoms with van der Waals surface area (Å²) in [6.07, 6.45) is 7.25. The van der Waals surface area contributed by atoms with Crippen LogP contribution in [0.15, 0.2) is 30.6 Å². The first-order chi connectivity index (χ1) is 17.0. The van der Waals surface area contributed by atoms with Gasteiger partial charge < -0.3 is 25.5 Å². The van der Waals surface area contributed by atoms with E-state index in [0.29, 0.717) is 24.0 Å². The second-order valence-electron chi connectivity index (χ2n) is 8.89. The molecule has 0 bridgehead atoms. The average Bonchev–Trinajstić information content (AvgIpc) is 3.28. The van der Waals surface area contributed by atoms with Gasteiger partial charge >= 0.3 is 0 Å². The number of aliphatic hydroxyl groups excluding tert-OH is 1. The molecule has 0 atom stereocenters. The number of aliphatic hydroxyl groups is 1. The number of nitrogens with one attached hydrogen (secondary N) is 3. The molecule has 4 N–H and O–H groups in total. The number of hydrogen-bond acceptors (Lipinski definition) is 7. The van der Waals surface area contributed by atoms with E-state index in [1.54, 1.807) is 13.3 Å². The predicted molar refractivity (Wildman–Crippen MR) is 138 cm³/mol. The quantitative estimate of drug-likeness (QED) is 0.315. The highest BCUT2D eigenvalue weighted by Crippen LogP contribution is 2.33. The molecule has 0 saturated heterocycles. The molecule has 3 aromatic rings. The van der Waals surface area contributed by atoms with Crippen molar-refractivity contribution >= 4 is 34.4 Å². The standard InChI is InChI=1S/C25H33ClN6O3/c1-3-32(8-9-33)15-24(34)30-18-6-4-17(5-7-18)29-23-11-16(10-22(26)31-23)21-14-28-25-20(21)12-19(35-2)13-27-25/h10-14,17-18,33H,3-9,15H2,1-2H3,(H,27,28)(H,29,31)(H,30,34). The van der Waals surface area contributed by atoms with E-state index in [1.807, 2.05) is 36.2 Å². The normalized spacial score (nSPS) is 18.1. The van der Waals surface area contributed by atoms with Crippen LogP contribution in [0.4, 0.5) is 5.82 Å².